The van der Waals surface area contributed by atoms with Crippen LogP contribution in [0.3, 0.4) is 0 Å². The third kappa shape index (κ3) is 9.03. The molecule has 0 aliphatic heterocycles. The van der Waals surface area contributed by atoms with Crippen LogP contribution in [0, 0.1) is 20.2 Å². The summed E-state index contributed by atoms with van der Waals surface area (Å²) >= 11 is 0. The number of hydrogen-bond acceptors (Lipinski definition) is 6. The van der Waals surface area contributed by atoms with Crippen LogP contribution in [0.1, 0.15) is 13.8 Å². The van der Waals surface area contributed by atoms with Crippen LogP contribution in [0.5, 0.6) is 0 Å². The van der Waals surface area contributed by atoms with Crippen LogP contribution in [0.2, 0.25) is 0 Å². The van der Waals surface area contributed by atoms with Crippen LogP contribution in [0.25, 0.3) is 0 Å². The summed E-state index contributed by atoms with van der Waals surface area (Å²) in [5.41, 5.74) is 0. The minimum Gasteiger partial charge on any atom is -0.344 e. The fourth-order valence-corrected chi connectivity index (χ4v) is 0.774. The van der Waals surface area contributed by atoms with Crippen molar-refractivity contribution in [2.24, 2.45) is 0 Å². The molecule has 0 spiro atoms. The first-order chi connectivity index (χ1) is 6.83. The van der Waals surface area contributed by atoms with E-state index in [1.54, 1.807) is 13.8 Å². The zero-order valence-corrected chi connectivity index (χ0v) is 8.67. The van der Waals surface area contributed by atoms with Crippen molar-refractivity contribution < 1.29 is 19.3 Å². The third-order valence-electron chi connectivity index (χ3n) is 1.45. The van der Waals surface area contributed by atoms with Crippen molar-refractivity contribution in [2.75, 3.05) is 26.3 Å². The Morgan fingerprint density at radius 1 is 1.00 bits per heavy atom. The quantitative estimate of drug-likeness (QED) is 0.332. The van der Waals surface area contributed by atoms with Crippen LogP contribution in [-0.4, -0.2) is 41.9 Å². The maximum absolute atomic E-state index is 9.98. The molecule has 0 heterocycles. The Hall–Kier alpha value is -1.28. The van der Waals surface area contributed by atoms with E-state index in [1.807, 2.05) is 0 Å². The Bertz CT molecular complexity index is 208. The van der Waals surface area contributed by atoms with Gasteiger partial charge in [0.2, 0.25) is 13.1 Å². The van der Waals surface area contributed by atoms with E-state index in [0.29, 0.717) is 0 Å². The van der Waals surface area contributed by atoms with Gasteiger partial charge in [0.1, 0.15) is 13.2 Å². The number of hydrogen-bond donors (Lipinski definition) is 0. The van der Waals surface area contributed by atoms with Gasteiger partial charge in [-0.3, -0.25) is 20.2 Å². The van der Waals surface area contributed by atoms with Crippen molar-refractivity contribution in [3.05, 3.63) is 20.2 Å². The molecule has 0 unspecified atom stereocenters. The fraction of sp³-hybridized carbons (Fsp3) is 1.00. The molecule has 0 aromatic rings. The molecule has 0 saturated heterocycles. The molecule has 0 radical (unpaired) electrons. The van der Waals surface area contributed by atoms with E-state index in [1.165, 1.54) is 0 Å². The highest BCUT2D eigenvalue weighted by molar-refractivity contribution is 4.53. The van der Waals surface area contributed by atoms with E-state index >= 15 is 0 Å². The second-order valence-electron chi connectivity index (χ2n) is 3.21. The second kappa shape index (κ2) is 6.25. The highest BCUT2D eigenvalue weighted by atomic mass is 16.7. The molecular weight excluding hydrogens is 208 g/mol. The summed E-state index contributed by atoms with van der Waals surface area (Å²) in [5, 5.41) is 20.0. The van der Waals surface area contributed by atoms with Crippen LogP contribution < -0.4 is 0 Å². The smallest absolute Gasteiger partial charge is 0.227 e. The predicted molar refractivity (Wildman–Crippen MR) is 49.7 cm³/mol. The number of nitrogens with zero attached hydrogens (tertiary/aromatic N) is 2. The lowest BCUT2D eigenvalue weighted by molar-refractivity contribution is -0.492. The lowest BCUT2D eigenvalue weighted by Gasteiger charge is -2.23. The monoisotopic (exact) mass is 222 g/mol. The van der Waals surface area contributed by atoms with Crippen molar-refractivity contribution in [2.45, 2.75) is 19.6 Å². The van der Waals surface area contributed by atoms with Crippen molar-refractivity contribution in [3.63, 3.8) is 0 Å². The van der Waals surface area contributed by atoms with Crippen LogP contribution in [-0.2, 0) is 9.47 Å². The molecule has 8 heteroatoms. The molecule has 15 heavy (non-hydrogen) atoms. The summed E-state index contributed by atoms with van der Waals surface area (Å²) < 4.78 is 10.1. The van der Waals surface area contributed by atoms with Gasteiger partial charge in [-0.2, -0.15) is 0 Å². The average Bonchev–Trinajstić information content (AvgIpc) is 2.01. The molecule has 0 aromatic carbocycles. The number of nitro groups is 2. The Labute approximate surface area is 86.5 Å². The zero-order valence-electron chi connectivity index (χ0n) is 8.67. The largest absolute Gasteiger partial charge is 0.344 e. The SMILES string of the molecule is CC(C)(OCC[N+](=O)[O-])OCC[N+](=O)[O-]. The number of rotatable bonds is 8. The first kappa shape index (κ1) is 13.7. The standard InChI is InChI=1S/C7H14N2O6/c1-7(2,14-5-3-8(10)11)15-6-4-9(12)13/h3-6H2,1-2H3. The first-order valence-electron chi connectivity index (χ1n) is 4.35. The van der Waals surface area contributed by atoms with Crippen LogP contribution in [0.4, 0.5) is 0 Å². The molecule has 0 aromatic heterocycles. The van der Waals surface area contributed by atoms with Crippen molar-refractivity contribution >= 4 is 0 Å². The Kier molecular flexibility index (Phi) is 5.72. The summed E-state index contributed by atoms with van der Waals surface area (Å²) in [6.45, 7) is 2.29. The Morgan fingerprint density at radius 2 is 1.33 bits per heavy atom. The lowest BCUT2D eigenvalue weighted by atomic mass is 10.4. The number of ether oxygens (including phenoxy) is 2. The Balaban J connectivity index is 3.66. The second-order valence-corrected chi connectivity index (χ2v) is 3.21. The summed E-state index contributed by atoms with van der Waals surface area (Å²) in [7, 11) is 0. The molecule has 0 N–H and O–H groups in total. The first-order valence-corrected chi connectivity index (χ1v) is 4.35. The van der Waals surface area contributed by atoms with Gasteiger partial charge in [0, 0.05) is 9.85 Å². The van der Waals surface area contributed by atoms with E-state index in [4.69, 9.17) is 9.47 Å². The maximum Gasteiger partial charge on any atom is 0.227 e. The average molecular weight is 222 g/mol. The summed E-state index contributed by atoms with van der Waals surface area (Å²) in [6.07, 6.45) is 0. The summed E-state index contributed by atoms with van der Waals surface area (Å²) in [5.74, 6) is -1.04. The molecular formula is C7H14N2O6. The van der Waals surface area contributed by atoms with Crippen LogP contribution in [0.15, 0.2) is 0 Å². The summed E-state index contributed by atoms with van der Waals surface area (Å²) in [6, 6.07) is 0. The van der Waals surface area contributed by atoms with Gasteiger partial charge in [-0.25, -0.2) is 0 Å². The molecule has 0 rings (SSSR count). The van der Waals surface area contributed by atoms with Crippen LogP contribution >= 0.6 is 0 Å². The van der Waals surface area contributed by atoms with Gasteiger partial charge in [-0.1, -0.05) is 0 Å². The van der Waals surface area contributed by atoms with Crippen molar-refractivity contribution in [1.82, 2.24) is 0 Å². The molecule has 0 saturated carbocycles. The van der Waals surface area contributed by atoms with Crippen molar-refractivity contribution in [1.29, 1.82) is 0 Å². The molecule has 0 amide bonds. The van der Waals surface area contributed by atoms with Gasteiger partial charge in [-0.05, 0) is 13.8 Å². The molecule has 0 atom stereocenters. The van der Waals surface area contributed by atoms with E-state index in [9.17, 15) is 20.2 Å². The predicted octanol–water partition coefficient (Wildman–Crippen LogP) is 0.309. The topological polar surface area (TPSA) is 105 Å². The molecule has 0 aliphatic carbocycles. The van der Waals surface area contributed by atoms with Gasteiger partial charge < -0.3 is 9.47 Å². The van der Waals surface area contributed by atoms with Gasteiger partial charge in [0.25, 0.3) is 0 Å². The molecule has 0 aliphatic rings. The van der Waals surface area contributed by atoms with Crippen molar-refractivity contribution in [3.8, 4) is 0 Å². The molecule has 88 valence electrons. The lowest BCUT2D eigenvalue weighted by Crippen LogP contribution is -2.32. The highest BCUT2D eigenvalue weighted by Gasteiger charge is 2.20. The normalized spacial score (nSPS) is 11.3. The molecule has 0 fully saturated rings. The third-order valence-corrected chi connectivity index (χ3v) is 1.45. The van der Waals surface area contributed by atoms with E-state index in [2.05, 4.69) is 0 Å². The highest BCUT2D eigenvalue weighted by Crippen LogP contribution is 2.10. The van der Waals surface area contributed by atoms with E-state index < -0.39 is 15.6 Å². The van der Waals surface area contributed by atoms with Gasteiger partial charge in [-0.15, -0.1) is 0 Å². The van der Waals surface area contributed by atoms with Gasteiger partial charge in [0.05, 0.1) is 0 Å². The minimum atomic E-state index is -1.04. The maximum atomic E-state index is 9.98. The minimum absolute atomic E-state index is 0.0849. The van der Waals surface area contributed by atoms with E-state index in [-0.39, 0.29) is 26.3 Å². The fourth-order valence-electron chi connectivity index (χ4n) is 0.774. The van der Waals surface area contributed by atoms with Gasteiger partial charge in [0.15, 0.2) is 5.79 Å². The zero-order chi connectivity index (χ0) is 11.9. The Morgan fingerprint density at radius 3 is 1.60 bits per heavy atom. The van der Waals surface area contributed by atoms with Gasteiger partial charge >= 0.3 is 0 Å². The molecule has 0 bridgehead atoms. The molecule has 8 nitrogen and oxygen atoms in total. The van der Waals surface area contributed by atoms with E-state index in [0.717, 1.165) is 0 Å². The summed E-state index contributed by atoms with van der Waals surface area (Å²) in [4.78, 5) is 19.0.